The Kier molecular flexibility index (Phi) is 6.18. The average molecular weight is 491 g/mol. The molecule has 2 aliphatic heterocycles. The third kappa shape index (κ3) is 3.74. The molecule has 34 heavy (non-hydrogen) atoms. The molecule has 2 aliphatic rings. The Bertz CT molecular complexity index is 1350. The summed E-state index contributed by atoms with van der Waals surface area (Å²) in [5.74, 6) is 2.47. The maximum atomic E-state index is 8.19. The predicted octanol–water partition coefficient (Wildman–Crippen LogP) is 4.17. The first-order valence-electron chi connectivity index (χ1n) is 10.8. The fraction of sp³-hybridized carbons (Fsp3) is 0.333. The van der Waals surface area contributed by atoms with Gasteiger partial charge < -0.3 is 29.9 Å². The van der Waals surface area contributed by atoms with Crippen molar-refractivity contribution in [2.45, 2.75) is 55.4 Å². The van der Waals surface area contributed by atoms with E-state index in [2.05, 4.69) is 0 Å². The van der Waals surface area contributed by atoms with Crippen molar-refractivity contribution >= 4 is 44.9 Å². The Morgan fingerprint density at radius 3 is 0.824 bits per heavy atom. The van der Waals surface area contributed by atoms with Crippen LogP contribution in [0.2, 0.25) is 0 Å². The third-order valence-electron chi connectivity index (χ3n) is 6.63. The Labute approximate surface area is 206 Å². The molecule has 10 heteroatoms. The van der Waals surface area contributed by atoms with Gasteiger partial charge in [-0.1, -0.05) is 0 Å². The topological polar surface area (TPSA) is 123 Å². The van der Waals surface area contributed by atoms with E-state index in [0.29, 0.717) is 45.9 Å². The molecule has 0 unspecified atom stereocenters. The van der Waals surface area contributed by atoms with E-state index in [1.54, 1.807) is 0 Å². The summed E-state index contributed by atoms with van der Waals surface area (Å²) in [5, 5.41) is 0. The van der Waals surface area contributed by atoms with Crippen molar-refractivity contribution in [3.8, 4) is 0 Å². The van der Waals surface area contributed by atoms with Gasteiger partial charge in [-0.2, -0.15) is 0 Å². The molecule has 0 saturated heterocycles. The third-order valence-corrected chi connectivity index (χ3v) is 6.63. The van der Waals surface area contributed by atoms with Crippen LogP contribution < -0.4 is 9.97 Å². The minimum atomic E-state index is 0.618. The van der Waals surface area contributed by atoms with Gasteiger partial charge in [0, 0.05) is 22.6 Å². The maximum absolute atomic E-state index is 8.19. The first kappa shape index (κ1) is 23.8. The Hall–Kier alpha value is -3.30. The molecule has 5 rings (SSSR count). The number of hydrogen-bond donors (Lipinski definition) is 0. The summed E-state index contributed by atoms with van der Waals surface area (Å²) in [7, 11) is 0. The van der Waals surface area contributed by atoms with E-state index in [9.17, 15) is 0 Å². The minimum absolute atomic E-state index is 0.618. The fourth-order valence-corrected chi connectivity index (χ4v) is 3.69. The van der Waals surface area contributed by atoms with Gasteiger partial charge in [-0.3, -0.25) is 0 Å². The Morgan fingerprint density at radius 2 is 0.618 bits per heavy atom. The molecule has 0 spiro atoms. The molecule has 8 bridgehead atoms. The molecule has 3 aromatic heterocycles. The molecule has 3 aromatic rings. The van der Waals surface area contributed by atoms with Crippen LogP contribution in [0.15, 0.2) is 0 Å². The van der Waals surface area contributed by atoms with E-state index in [-0.39, 0.29) is 0 Å². The molecule has 0 aliphatic carbocycles. The van der Waals surface area contributed by atoms with Crippen molar-refractivity contribution < 1.29 is 21.0 Å². The molecule has 9 nitrogen and oxygen atoms in total. The monoisotopic (exact) mass is 491 g/mol. The van der Waals surface area contributed by atoms with Crippen LogP contribution in [-0.4, -0.2) is 29.9 Å². The number of aryl methyl sites for hydroxylation is 4. The first-order chi connectivity index (χ1) is 16.2. The van der Waals surface area contributed by atoms with Crippen LogP contribution in [-0.2, 0) is 21.0 Å². The molecule has 5 heterocycles. The molecule has 0 atom stereocenters. The SMILES string of the molecule is CC1=C(C)c2nc1nc1[n-]c(nc3nc(nc4[n-]c(n2)c(C)c4C)C(C)=C3C)c(C)c1C.[O]=[V+2]. The standard InChI is InChI=1S/C24H24N8.O.V/c1-9-10(2)18-25-17(9)29-19-11(3)12(4)21(26-19)31-23-15(7)16(8)24(28-23)32-22-14(6)13(5)20(27-22)30-18;;/h1-8H3;;/q-2;;+2. The second kappa shape index (κ2) is 8.81. The van der Waals surface area contributed by atoms with Crippen LogP contribution in [0.4, 0.5) is 0 Å². The molecular weight excluding hydrogens is 467 g/mol. The fourth-order valence-electron chi connectivity index (χ4n) is 3.69. The van der Waals surface area contributed by atoms with Crippen molar-refractivity contribution in [3.63, 3.8) is 0 Å². The summed E-state index contributed by atoms with van der Waals surface area (Å²) in [5.41, 5.74) is 10.3. The zero-order chi connectivity index (χ0) is 24.9. The van der Waals surface area contributed by atoms with Crippen LogP contribution in [0, 0.1) is 27.7 Å². The van der Waals surface area contributed by atoms with E-state index in [0.717, 1.165) is 61.9 Å². The van der Waals surface area contributed by atoms with Gasteiger partial charge in [0.25, 0.3) is 0 Å². The van der Waals surface area contributed by atoms with E-state index >= 15 is 0 Å². The van der Waals surface area contributed by atoms with Gasteiger partial charge in [0.05, 0.1) is 23.3 Å². The normalized spacial score (nSPS) is 13.4. The molecule has 0 fully saturated rings. The van der Waals surface area contributed by atoms with Crippen LogP contribution in [0.1, 0.15) is 73.2 Å². The van der Waals surface area contributed by atoms with Crippen molar-refractivity contribution in [3.05, 3.63) is 45.6 Å². The van der Waals surface area contributed by atoms with Gasteiger partial charge in [0.2, 0.25) is 0 Å². The number of allylic oxidation sites excluding steroid dienone is 4. The Morgan fingerprint density at radius 1 is 0.412 bits per heavy atom. The second-order valence-corrected chi connectivity index (χ2v) is 8.48. The molecule has 0 saturated carbocycles. The van der Waals surface area contributed by atoms with Gasteiger partial charge in [0.1, 0.15) is 0 Å². The van der Waals surface area contributed by atoms with Crippen LogP contribution in [0.3, 0.4) is 0 Å². The predicted molar refractivity (Wildman–Crippen MR) is 126 cm³/mol. The number of hydrogen-bond acceptors (Lipinski definition) is 7. The second-order valence-electron chi connectivity index (χ2n) is 8.48. The molecule has 0 N–H and O–H groups in total. The molecule has 171 valence electrons. The molecule has 0 radical (unpaired) electrons. The van der Waals surface area contributed by atoms with E-state index in [1.165, 1.54) is 0 Å². The quantitative estimate of drug-likeness (QED) is 0.456. The summed E-state index contributed by atoms with van der Waals surface area (Å²) < 4.78 is 8.19. The van der Waals surface area contributed by atoms with E-state index < -0.39 is 0 Å². The average Bonchev–Trinajstić information content (AvgIpc) is 3.44. The zero-order valence-corrected chi connectivity index (χ0v) is 21.8. The van der Waals surface area contributed by atoms with Crippen LogP contribution in [0.5, 0.6) is 0 Å². The number of aromatic nitrogens is 8. The van der Waals surface area contributed by atoms with Gasteiger partial charge in [-0.05, 0) is 99.9 Å². The van der Waals surface area contributed by atoms with Crippen molar-refractivity contribution in [1.29, 1.82) is 0 Å². The summed E-state index contributed by atoms with van der Waals surface area (Å²) in [6, 6.07) is 0. The first-order valence-corrected chi connectivity index (χ1v) is 11.3. The van der Waals surface area contributed by atoms with E-state index in [1.807, 2.05) is 55.4 Å². The van der Waals surface area contributed by atoms with Gasteiger partial charge in [-0.15, -0.1) is 0 Å². The summed E-state index contributed by atoms with van der Waals surface area (Å²) in [6.07, 6.45) is 0. The number of nitrogens with zero attached hydrogens (tertiary/aromatic N) is 8. The van der Waals surface area contributed by atoms with Gasteiger partial charge >= 0.3 is 21.0 Å². The van der Waals surface area contributed by atoms with E-state index in [4.69, 9.17) is 43.5 Å². The molecular formula is C24H24N8OV. The zero-order valence-electron chi connectivity index (χ0n) is 20.4. The van der Waals surface area contributed by atoms with Crippen LogP contribution >= 0.6 is 0 Å². The van der Waals surface area contributed by atoms with Crippen molar-refractivity contribution in [2.75, 3.05) is 0 Å². The number of fused-ring (bicyclic) bond motifs is 8. The molecule has 0 amide bonds. The van der Waals surface area contributed by atoms with Crippen molar-refractivity contribution in [1.82, 2.24) is 39.9 Å². The molecule has 0 aromatic carbocycles. The Balaban J connectivity index is 0.00000133. The van der Waals surface area contributed by atoms with Gasteiger partial charge in [0.15, 0.2) is 0 Å². The van der Waals surface area contributed by atoms with Crippen LogP contribution in [0.25, 0.3) is 44.9 Å². The number of rotatable bonds is 0. The summed E-state index contributed by atoms with van der Waals surface area (Å²) in [4.78, 5) is 37.9. The summed E-state index contributed by atoms with van der Waals surface area (Å²) >= 11 is 1.06. The summed E-state index contributed by atoms with van der Waals surface area (Å²) in [6.45, 7) is 16.0. The van der Waals surface area contributed by atoms with Crippen molar-refractivity contribution in [2.24, 2.45) is 0 Å². The van der Waals surface area contributed by atoms with Gasteiger partial charge in [-0.25, -0.2) is 9.97 Å².